The Morgan fingerprint density at radius 1 is 0.893 bits per heavy atom. The topological polar surface area (TPSA) is 69.8 Å². The minimum absolute atomic E-state index is 0.00607. The van der Waals surface area contributed by atoms with Gasteiger partial charge in [-0.15, -0.1) is 0 Å². The molecule has 3 aromatic rings. The first kappa shape index (κ1) is 17.9. The first-order chi connectivity index (χ1) is 13.6. The molecule has 0 aromatic heterocycles. The van der Waals surface area contributed by atoms with E-state index in [4.69, 9.17) is 5.73 Å². The molecule has 0 spiro atoms. The molecule has 0 radical (unpaired) electrons. The smallest absolute Gasteiger partial charge is 0.253 e. The summed E-state index contributed by atoms with van der Waals surface area (Å²) in [5.41, 5.74) is 9.41. The van der Waals surface area contributed by atoms with Gasteiger partial charge >= 0.3 is 0 Å². The van der Waals surface area contributed by atoms with E-state index in [2.05, 4.69) is 4.90 Å². The Morgan fingerprint density at radius 2 is 1.57 bits per heavy atom. The van der Waals surface area contributed by atoms with Crippen LogP contribution in [0.2, 0.25) is 0 Å². The molecule has 0 aliphatic carbocycles. The fourth-order valence-electron chi connectivity index (χ4n) is 3.69. The lowest BCUT2D eigenvalue weighted by molar-refractivity contribution is 0.0722. The number of carbonyl (C=O) groups excluding carboxylic acids is 1. The number of carbonyl (C=O) groups is 1. The minimum Gasteiger partial charge on any atom is -0.508 e. The van der Waals surface area contributed by atoms with E-state index < -0.39 is 0 Å². The second-order valence-electron chi connectivity index (χ2n) is 7.01. The molecule has 0 bridgehead atoms. The minimum atomic E-state index is 0.00607. The number of phenols is 1. The summed E-state index contributed by atoms with van der Waals surface area (Å²) in [7, 11) is 0. The Kier molecular flexibility index (Phi) is 4.89. The number of nitrogen functional groups attached to an aromatic ring is 1. The third-order valence-electron chi connectivity index (χ3n) is 5.19. The molecule has 1 fully saturated rings. The predicted molar refractivity (Wildman–Crippen MR) is 111 cm³/mol. The van der Waals surface area contributed by atoms with Gasteiger partial charge in [-0.2, -0.15) is 0 Å². The zero-order valence-corrected chi connectivity index (χ0v) is 15.5. The fourth-order valence-corrected chi connectivity index (χ4v) is 3.69. The predicted octanol–water partition coefficient (Wildman–Crippen LogP) is 3.68. The van der Waals surface area contributed by atoms with Crippen LogP contribution in [0.3, 0.4) is 0 Å². The molecule has 3 N–H and O–H groups in total. The van der Waals surface area contributed by atoms with Crippen LogP contribution in [0.15, 0.2) is 78.9 Å². The summed E-state index contributed by atoms with van der Waals surface area (Å²) in [6.07, 6.45) is 0. The summed E-state index contributed by atoms with van der Waals surface area (Å²) < 4.78 is 0. The van der Waals surface area contributed by atoms with Crippen LogP contribution in [0.5, 0.6) is 5.75 Å². The lowest BCUT2D eigenvalue weighted by Crippen LogP contribution is -2.50. The van der Waals surface area contributed by atoms with Crippen molar-refractivity contribution in [2.75, 3.05) is 30.3 Å². The summed E-state index contributed by atoms with van der Waals surface area (Å²) in [5, 5.41) is 9.62. The number of nitrogens with zero attached hydrogens (tertiary/aromatic N) is 2. The van der Waals surface area contributed by atoms with Gasteiger partial charge in [0.2, 0.25) is 0 Å². The lowest BCUT2D eigenvalue weighted by atomic mass is 10.00. The maximum atomic E-state index is 13.0. The van der Waals surface area contributed by atoms with E-state index in [0.29, 0.717) is 30.9 Å². The van der Waals surface area contributed by atoms with Gasteiger partial charge in [0, 0.05) is 36.6 Å². The molecule has 1 atom stereocenters. The van der Waals surface area contributed by atoms with E-state index in [9.17, 15) is 9.90 Å². The highest BCUT2D eigenvalue weighted by Gasteiger charge is 2.31. The highest BCUT2D eigenvalue weighted by Crippen LogP contribution is 2.32. The average molecular weight is 373 g/mol. The highest BCUT2D eigenvalue weighted by molar-refractivity contribution is 5.94. The van der Waals surface area contributed by atoms with Crippen LogP contribution in [0.25, 0.3) is 0 Å². The molecular weight excluding hydrogens is 350 g/mol. The molecule has 1 amide bonds. The number of phenolic OH excluding ortho intramolecular Hbond substituents is 1. The summed E-state index contributed by atoms with van der Waals surface area (Å²) in [6.45, 7) is 1.93. The quantitative estimate of drug-likeness (QED) is 0.687. The fraction of sp³-hybridized carbons (Fsp3) is 0.174. The first-order valence-corrected chi connectivity index (χ1v) is 9.37. The maximum absolute atomic E-state index is 13.0. The highest BCUT2D eigenvalue weighted by atomic mass is 16.3. The largest absolute Gasteiger partial charge is 0.508 e. The Labute approximate surface area is 164 Å². The van der Waals surface area contributed by atoms with E-state index in [0.717, 1.165) is 11.3 Å². The summed E-state index contributed by atoms with van der Waals surface area (Å²) in [5.74, 6) is 0.289. The molecule has 3 aromatic carbocycles. The summed E-state index contributed by atoms with van der Waals surface area (Å²) in [4.78, 5) is 17.2. The van der Waals surface area contributed by atoms with Crippen molar-refractivity contribution in [3.05, 3.63) is 90.0 Å². The Hall–Kier alpha value is -3.47. The third-order valence-corrected chi connectivity index (χ3v) is 5.19. The van der Waals surface area contributed by atoms with Gasteiger partial charge in [0.15, 0.2) is 0 Å². The first-order valence-electron chi connectivity index (χ1n) is 9.37. The average Bonchev–Trinajstić information content (AvgIpc) is 2.75. The number of benzene rings is 3. The van der Waals surface area contributed by atoms with Crippen molar-refractivity contribution in [3.63, 3.8) is 0 Å². The van der Waals surface area contributed by atoms with Gasteiger partial charge in [0.05, 0.1) is 6.04 Å². The van der Waals surface area contributed by atoms with E-state index in [1.807, 2.05) is 71.6 Å². The number of amides is 1. The third kappa shape index (κ3) is 3.64. The molecule has 1 aliphatic heterocycles. The molecule has 1 saturated heterocycles. The molecule has 4 rings (SSSR count). The van der Waals surface area contributed by atoms with Gasteiger partial charge in [-0.3, -0.25) is 4.79 Å². The summed E-state index contributed by atoms with van der Waals surface area (Å²) in [6, 6.07) is 24.4. The molecule has 1 aliphatic rings. The van der Waals surface area contributed by atoms with Crippen LogP contribution in [0.4, 0.5) is 11.4 Å². The van der Waals surface area contributed by atoms with Crippen molar-refractivity contribution in [1.29, 1.82) is 0 Å². The Balaban J connectivity index is 1.64. The number of aromatic hydroxyl groups is 1. The zero-order chi connectivity index (χ0) is 19.5. The van der Waals surface area contributed by atoms with Gasteiger partial charge in [-0.05, 0) is 54.1 Å². The number of nitrogens with two attached hydrogens (primary N) is 1. The lowest BCUT2D eigenvalue weighted by Gasteiger charge is -2.43. The van der Waals surface area contributed by atoms with Gasteiger partial charge in [0.25, 0.3) is 5.91 Å². The SMILES string of the molecule is Nc1ccc(C2CN(C(=O)c3ccccc3)CCN2c2ccc(O)cc2)cc1. The van der Waals surface area contributed by atoms with E-state index in [1.54, 1.807) is 12.1 Å². The standard InChI is InChI=1S/C23H23N3O2/c24-19-8-6-17(7-9-19)22-16-25(23(28)18-4-2-1-3-5-18)14-15-26(22)20-10-12-21(27)13-11-20/h1-13,22,27H,14-16,24H2. The van der Waals surface area contributed by atoms with Gasteiger partial charge in [-0.1, -0.05) is 30.3 Å². The summed E-state index contributed by atoms with van der Waals surface area (Å²) >= 11 is 0. The molecule has 1 heterocycles. The van der Waals surface area contributed by atoms with Crippen molar-refractivity contribution >= 4 is 17.3 Å². The van der Waals surface area contributed by atoms with Crippen molar-refractivity contribution in [2.24, 2.45) is 0 Å². The van der Waals surface area contributed by atoms with Gasteiger partial charge < -0.3 is 20.6 Å². The second kappa shape index (κ2) is 7.64. The maximum Gasteiger partial charge on any atom is 0.253 e. The molecule has 5 nitrogen and oxygen atoms in total. The molecule has 1 unspecified atom stereocenters. The number of hydrogen-bond donors (Lipinski definition) is 2. The van der Waals surface area contributed by atoms with E-state index in [1.165, 1.54) is 0 Å². The molecule has 0 saturated carbocycles. The van der Waals surface area contributed by atoms with Crippen molar-refractivity contribution < 1.29 is 9.90 Å². The van der Waals surface area contributed by atoms with Crippen molar-refractivity contribution in [3.8, 4) is 5.75 Å². The van der Waals surface area contributed by atoms with E-state index in [-0.39, 0.29) is 17.7 Å². The van der Waals surface area contributed by atoms with Crippen LogP contribution < -0.4 is 10.6 Å². The van der Waals surface area contributed by atoms with Crippen molar-refractivity contribution in [1.82, 2.24) is 4.90 Å². The second-order valence-corrected chi connectivity index (χ2v) is 7.01. The number of hydrogen-bond acceptors (Lipinski definition) is 4. The number of piperazine rings is 1. The van der Waals surface area contributed by atoms with Crippen LogP contribution in [-0.2, 0) is 0 Å². The molecule has 142 valence electrons. The monoisotopic (exact) mass is 373 g/mol. The van der Waals surface area contributed by atoms with E-state index >= 15 is 0 Å². The van der Waals surface area contributed by atoms with Crippen molar-refractivity contribution in [2.45, 2.75) is 6.04 Å². The molecule has 28 heavy (non-hydrogen) atoms. The van der Waals surface area contributed by atoms with Crippen LogP contribution in [0, 0.1) is 0 Å². The number of rotatable bonds is 3. The van der Waals surface area contributed by atoms with Crippen LogP contribution in [-0.4, -0.2) is 35.5 Å². The van der Waals surface area contributed by atoms with Gasteiger partial charge in [-0.25, -0.2) is 0 Å². The zero-order valence-electron chi connectivity index (χ0n) is 15.5. The normalized spacial score (nSPS) is 16.8. The van der Waals surface area contributed by atoms with Crippen LogP contribution >= 0.6 is 0 Å². The molecule has 5 heteroatoms. The van der Waals surface area contributed by atoms with Gasteiger partial charge in [0.1, 0.15) is 5.75 Å². The Morgan fingerprint density at radius 3 is 2.25 bits per heavy atom. The van der Waals surface area contributed by atoms with Crippen LogP contribution in [0.1, 0.15) is 22.0 Å². The molecular formula is C23H23N3O2. The Bertz CT molecular complexity index is 940. The number of anilines is 2.